The van der Waals surface area contributed by atoms with Gasteiger partial charge in [-0.05, 0) is 78.8 Å². The van der Waals surface area contributed by atoms with E-state index >= 15 is 0 Å². The number of hydrogen-bond acceptors (Lipinski definition) is 3. The highest BCUT2D eigenvalue weighted by Gasteiger charge is 2.54. The summed E-state index contributed by atoms with van der Waals surface area (Å²) in [6.07, 6.45) is 5.45. The molecule has 1 heterocycles. The highest BCUT2D eigenvalue weighted by atomic mass is 35.5. The van der Waals surface area contributed by atoms with Crippen LogP contribution >= 0.6 is 22.9 Å². The Morgan fingerprint density at radius 3 is 2.37 bits per heavy atom. The predicted molar refractivity (Wildman–Crippen MR) is 111 cm³/mol. The van der Waals surface area contributed by atoms with Crippen molar-refractivity contribution < 1.29 is 9.90 Å². The lowest BCUT2D eigenvalue weighted by Crippen LogP contribution is -2.41. The molecule has 27 heavy (non-hydrogen) atoms. The monoisotopic (exact) mass is 398 g/mol. The minimum atomic E-state index is 0.0112. The van der Waals surface area contributed by atoms with Gasteiger partial charge in [0.1, 0.15) is 5.76 Å². The van der Waals surface area contributed by atoms with E-state index in [2.05, 4.69) is 25.1 Å². The number of hydrogen-bond donors (Lipinski definition) is 1. The Morgan fingerprint density at radius 2 is 1.78 bits per heavy atom. The van der Waals surface area contributed by atoms with Crippen LogP contribution in [0.5, 0.6) is 0 Å². The lowest BCUT2D eigenvalue weighted by Gasteiger charge is -2.44. The number of aliphatic hydroxyl groups excluding tert-OH is 1. The van der Waals surface area contributed by atoms with Crippen molar-refractivity contribution in [2.24, 2.45) is 23.7 Å². The third kappa shape index (κ3) is 2.62. The molecule has 0 unspecified atom stereocenters. The number of allylic oxidation sites excluding steroid dienone is 2. The number of carbonyl (C=O) groups is 1. The molecule has 1 N–H and O–H groups in total. The molecule has 3 saturated carbocycles. The van der Waals surface area contributed by atoms with E-state index in [-0.39, 0.29) is 17.6 Å². The van der Waals surface area contributed by atoms with E-state index in [0.717, 1.165) is 58.0 Å². The molecule has 4 aliphatic carbocycles. The number of benzene rings is 1. The van der Waals surface area contributed by atoms with Crippen LogP contribution in [0.25, 0.3) is 16.0 Å². The van der Waals surface area contributed by atoms with Crippen LogP contribution in [0.15, 0.2) is 36.1 Å². The molecule has 2 atom stereocenters. The van der Waals surface area contributed by atoms with Crippen LogP contribution in [0.3, 0.4) is 0 Å². The summed E-state index contributed by atoms with van der Waals surface area (Å²) in [5, 5.41) is 11.2. The zero-order valence-electron chi connectivity index (χ0n) is 15.4. The smallest absolute Gasteiger partial charge is 0.170 e. The van der Waals surface area contributed by atoms with E-state index in [9.17, 15) is 9.90 Å². The first kappa shape index (κ1) is 17.5. The molecule has 2 bridgehead atoms. The molecule has 1 aromatic heterocycles. The molecule has 140 valence electrons. The largest absolute Gasteiger partial charge is 0.511 e. The summed E-state index contributed by atoms with van der Waals surface area (Å²) in [4.78, 5) is 14.5. The second kappa shape index (κ2) is 6.49. The fourth-order valence-corrected chi connectivity index (χ4v) is 6.73. The molecule has 0 aliphatic heterocycles. The van der Waals surface area contributed by atoms with Gasteiger partial charge in [-0.25, -0.2) is 0 Å². The zero-order valence-corrected chi connectivity index (χ0v) is 16.9. The van der Waals surface area contributed by atoms with Gasteiger partial charge in [-0.3, -0.25) is 4.79 Å². The number of thiophene rings is 1. The first-order valence-corrected chi connectivity index (χ1v) is 11.1. The summed E-state index contributed by atoms with van der Waals surface area (Å²) in [6, 6.07) is 10.2. The highest BCUT2D eigenvalue weighted by molar-refractivity contribution is 7.19. The average molecular weight is 399 g/mol. The van der Waals surface area contributed by atoms with Crippen LogP contribution in [-0.2, 0) is 11.2 Å². The maximum absolute atomic E-state index is 13.4. The van der Waals surface area contributed by atoms with Gasteiger partial charge in [0.15, 0.2) is 5.78 Å². The van der Waals surface area contributed by atoms with E-state index in [1.54, 1.807) is 0 Å². The van der Waals surface area contributed by atoms with Crippen molar-refractivity contribution in [2.45, 2.75) is 39.0 Å². The van der Waals surface area contributed by atoms with Gasteiger partial charge in [-0.1, -0.05) is 30.7 Å². The van der Waals surface area contributed by atoms with Crippen molar-refractivity contribution in [3.05, 3.63) is 51.6 Å². The summed E-state index contributed by atoms with van der Waals surface area (Å²) in [7, 11) is 0. The molecule has 6 rings (SSSR count). The Balaban J connectivity index is 1.64. The van der Waals surface area contributed by atoms with Crippen LogP contribution in [0.4, 0.5) is 0 Å². The standard InChI is InChI=1S/C23H23ClO2S/c1-2-12-3-8-15(17-9-10-18(24)27-17)11-16(12)21-22(25)19-13-4-5-14(7-6-13)20(19)23(21)26/h3,8-11,13-14,19-20,25H,2,4-7H2,1H3/t13-,14+,19-,20+/m0/s1. The molecule has 0 saturated heterocycles. The number of halogens is 1. The molecular weight excluding hydrogens is 376 g/mol. The van der Waals surface area contributed by atoms with E-state index in [1.165, 1.54) is 11.3 Å². The Hall–Kier alpha value is -1.58. The number of fused-ring (bicyclic) bond motifs is 2. The topological polar surface area (TPSA) is 37.3 Å². The first-order valence-electron chi connectivity index (χ1n) is 9.94. The van der Waals surface area contributed by atoms with Gasteiger partial charge in [0.05, 0.1) is 9.91 Å². The van der Waals surface area contributed by atoms with Gasteiger partial charge < -0.3 is 5.11 Å². The van der Waals surface area contributed by atoms with Crippen molar-refractivity contribution in [3.8, 4) is 10.4 Å². The molecule has 0 radical (unpaired) electrons. The third-order valence-electron chi connectivity index (χ3n) is 6.96. The SMILES string of the molecule is CCc1ccc(-c2ccc(Cl)s2)cc1C1=C(O)[C@H]2[C@H]3CC[C@H](CC3)[C@H]2C1=O. The number of carbonyl (C=O) groups excluding carboxylic acids is 1. The summed E-state index contributed by atoms with van der Waals surface area (Å²) >= 11 is 7.66. The zero-order chi connectivity index (χ0) is 18.7. The first-order chi connectivity index (χ1) is 13.1. The van der Waals surface area contributed by atoms with Gasteiger partial charge in [-0.2, -0.15) is 0 Å². The molecule has 0 amide bonds. The Kier molecular flexibility index (Phi) is 4.21. The molecule has 2 aromatic rings. The molecule has 2 nitrogen and oxygen atoms in total. The van der Waals surface area contributed by atoms with Crippen LogP contribution in [0.2, 0.25) is 4.34 Å². The summed E-state index contributed by atoms with van der Waals surface area (Å²) in [5.41, 5.74) is 3.72. The minimum absolute atomic E-state index is 0.0112. The van der Waals surface area contributed by atoms with Crippen molar-refractivity contribution in [2.75, 3.05) is 0 Å². The summed E-state index contributed by atoms with van der Waals surface area (Å²) in [6.45, 7) is 2.11. The van der Waals surface area contributed by atoms with E-state index in [4.69, 9.17) is 11.6 Å². The van der Waals surface area contributed by atoms with E-state index < -0.39 is 0 Å². The van der Waals surface area contributed by atoms with Crippen molar-refractivity contribution >= 4 is 34.3 Å². The lowest BCUT2D eigenvalue weighted by molar-refractivity contribution is -0.123. The van der Waals surface area contributed by atoms with Crippen LogP contribution < -0.4 is 0 Å². The van der Waals surface area contributed by atoms with Crippen LogP contribution in [-0.4, -0.2) is 10.9 Å². The van der Waals surface area contributed by atoms with Crippen LogP contribution in [0, 0.1) is 23.7 Å². The molecule has 4 heteroatoms. The quantitative estimate of drug-likeness (QED) is 0.637. The molecule has 4 aliphatic rings. The van der Waals surface area contributed by atoms with Gasteiger partial charge in [0.25, 0.3) is 0 Å². The maximum Gasteiger partial charge on any atom is 0.170 e. The molecular formula is C23H23ClO2S. The maximum atomic E-state index is 13.4. The second-order valence-electron chi connectivity index (χ2n) is 8.18. The number of Topliss-reactive ketones (excluding diaryl/α,β-unsaturated/α-hetero) is 1. The fourth-order valence-electron chi connectivity index (χ4n) is 5.69. The predicted octanol–water partition coefficient (Wildman–Crippen LogP) is 6.54. The Labute approximate surface area is 168 Å². The summed E-state index contributed by atoms with van der Waals surface area (Å²) in [5.74, 6) is 1.56. The highest BCUT2D eigenvalue weighted by Crippen LogP contribution is 2.57. The third-order valence-corrected chi connectivity index (χ3v) is 8.24. The van der Waals surface area contributed by atoms with Crippen molar-refractivity contribution in [3.63, 3.8) is 0 Å². The minimum Gasteiger partial charge on any atom is -0.511 e. The molecule has 1 aromatic carbocycles. The Bertz CT molecular complexity index is 949. The average Bonchev–Trinajstić information content (AvgIpc) is 3.25. The molecule has 0 spiro atoms. The number of ketones is 1. The lowest BCUT2D eigenvalue weighted by atomic mass is 9.59. The van der Waals surface area contributed by atoms with E-state index in [1.807, 2.05) is 12.1 Å². The van der Waals surface area contributed by atoms with Crippen molar-refractivity contribution in [1.82, 2.24) is 0 Å². The number of rotatable bonds is 3. The number of aliphatic hydroxyl groups is 1. The van der Waals surface area contributed by atoms with E-state index in [0.29, 0.717) is 23.2 Å². The van der Waals surface area contributed by atoms with Gasteiger partial charge in [-0.15, -0.1) is 11.3 Å². The van der Waals surface area contributed by atoms with Crippen molar-refractivity contribution in [1.29, 1.82) is 0 Å². The second-order valence-corrected chi connectivity index (χ2v) is 9.90. The molecule has 3 fully saturated rings. The normalized spacial score (nSPS) is 29.5. The van der Waals surface area contributed by atoms with Gasteiger partial charge >= 0.3 is 0 Å². The van der Waals surface area contributed by atoms with Crippen LogP contribution in [0.1, 0.15) is 43.7 Å². The van der Waals surface area contributed by atoms with Gasteiger partial charge in [0.2, 0.25) is 0 Å². The summed E-state index contributed by atoms with van der Waals surface area (Å²) < 4.78 is 0.757. The fraction of sp³-hybridized carbons (Fsp3) is 0.435. The Morgan fingerprint density at radius 1 is 1.07 bits per heavy atom. The number of aryl methyl sites for hydroxylation is 1. The van der Waals surface area contributed by atoms with Gasteiger partial charge in [0, 0.05) is 16.7 Å².